The van der Waals surface area contributed by atoms with Crippen molar-refractivity contribution < 1.29 is 9.18 Å². The number of nitrogens with one attached hydrogen (secondary N) is 1. The second-order valence-corrected chi connectivity index (χ2v) is 3.85. The molecule has 3 nitrogen and oxygen atoms in total. The van der Waals surface area contributed by atoms with Gasteiger partial charge in [0.15, 0.2) is 0 Å². The maximum atomic E-state index is 12.9. The third kappa shape index (κ3) is 1.83. The summed E-state index contributed by atoms with van der Waals surface area (Å²) in [6, 6.07) is 4.14. The number of benzene rings is 1. The summed E-state index contributed by atoms with van der Waals surface area (Å²) in [4.78, 5) is 15.7. The molecule has 1 heterocycles. The predicted octanol–water partition coefficient (Wildman–Crippen LogP) is 1.79. The van der Waals surface area contributed by atoms with Gasteiger partial charge in [0.2, 0.25) is 5.91 Å². The number of carbonyl (C=O) groups excluding carboxylic acids is 1. The van der Waals surface area contributed by atoms with Crippen LogP contribution in [0, 0.1) is 12.7 Å². The van der Waals surface area contributed by atoms with Crippen LogP contribution in [0.5, 0.6) is 0 Å². The van der Waals surface area contributed by atoms with Crippen LogP contribution in [-0.4, -0.2) is 17.8 Å². The van der Waals surface area contributed by atoms with Crippen molar-refractivity contribution in [1.82, 2.24) is 5.32 Å². The van der Waals surface area contributed by atoms with Crippen molar-refractivity contribution >= 4 is 11.7 Å². The Morgan fingerprint density at radius 1 is 1.50 bits per heavy atom. The maximum Gasteiger partial charge on any atom is 0.250 e. The fraction of sp³-hybridized carbons (Fsp3) is 0.333. The summed E-state index contributed by atoms with van der Waals surface area (Å²) in [5.74, 6) is 0.189. The molecule has 0 radical (unpaired) electrons. The van der Waals surface area contributed by atoms with E-state index in [4.69, 9.17) is 0 Å². The van der Waals surface area contributed by atoms with Gasteiger partial charge in [-0.05, 0) is 37.1 Å². The van der Waals surface area contributed by atoms with Crippen LogP contribution in [0.4, 0.5) is 4.39 Å². The third-order valence-corrected chi connectivity index (χ3v) is 2.66. The highest BCUT2D eigenvalue weighted by molar-refractivity contribution is 6.14. The molecular formula is C12H13FN2O. The number of amidine groups is 1. The Labute approximate surface area is 93.4 Å². The molecule has 0 fully saturated rings. The van der Waals surface area contributed by atoms with Crippen molar-refractivity contribution in [3.63, 3.8) is 0 Å². The molecule has 0 aliphatic carbocycles. The molecule has 84 valence electrons. The van der Waals surface area contributed by atoms with Gasteiger partial charge in [0.1, 0.15) is 17.7 Å². The monoisotopic (exact) mass is 220 g/mol. The number of amides is 1. The van der Waals surface area contributed by atoms with Crippen molar-refractivity contribution in [2.75, 3.05) is 0 Å². The van der Waals surface area contributed by atoms with Gasteiger partial charge in [-0.2, -0.15) is 0 Å². The average molecular weight is 220 g/mol. The Hall–Kier alpha value is -1.71. The summed E-state index contributed by atoms with van der Waals surface area (Å²) in [6.45, 7) is 3.71. The van der Waals surface area contributed by atoms with Gasteiger partial charge in [-0.3, -0.25) is 9.79 Å². The second-order valence-electron chi connectivity index (χ2n) is 3.85. The lowest BCUT2D eigenvalue weighted by Crippen LogP contribution is -2.29. The van der Waals surface area contributed by atoms with E-state index in [2.05, 4.69) is 10.3 Å². The maximum absolute atomic E-state index is 12.9. The van der Waals surface area contributed by atoms with E-state index in [1.54, 1.807) is 13.0 Å². The van der Waals surface area contributed by atoms with E-state index in [1.165, 1.54) is 12.1 Å². The zero-order valence-electron chi connectivity index (χ0n) is 9.25. The first kappa shape index (κ1) is 10.8. The molecule has 0 bridgehead atoms. The highest BCUT2D eigenvalue weighted by Crippen LogP contribution is 2.15. The minimum atomic E-state index is -0.306. The lowest BCUT2D eigenvalue weighted by molar-refractivity contribution is -0.120. The molecule has 1 unspecified atom stereocenters. The molecular weight excluding hydrogens is 207 g/mol. The first-order valence-corrected chi connectivity index (χ1v) is 5.27. The number of nitrogens with zero attached hydrogens (tertiary/aromatic N) is 1. The first-order valence-electron chi connectivity index (χ1n) is 5.27. The molecule has 1 aliphatic heterocycles. The Balaban J connectivity index is 2.36. The SMILES string of the molecule is CCC1N=C(c2ccc(F)cc2C)NC1=O. The fourth-order valence-corrected chi connectivity index (χ4v) is 1.75. The van der Waals surface area contributed by atoms with Crippen molar-refractivity contribution in [1.29, 1.82) is 0 Å². The summed E-state index contributed by atoms with van der Waals surface area (Å²) in [5.41, 5.74) is 1.56. The minimum absolute atomic E-state index is 0.0822. The van der Waals surface area contributed by atoms with E-state index in [0.29, 0.717) is 12.3 Å². The molecule has 1 N–H and O–H groups in total. The Morgan fingerprint density at radius 2 is 2.25 bits per heavy atom. The van der Waals surface area contributed by atoms with Gasteiger partial charge < -0.3 is 5.32 Å². The molecule has 1 aromatic carbocycles. The lowest BCUT2D eigenvalue weighted by Gasteiger charge is -2.04. The zero-order valence-corrected chi connectivity index (χ0v) is 9.25. The van der Waals surface area contributed by atoms with Gasteiger partial charge in [0.25, 0.3) is 0 Å². The van der Waals surface area contributed by atoms with E-state index >= 15 is 0 Å². The quantitative estimate of drug-likeness (QED) is 0.811. The normalized spacial score (nSPS) is 19.6. The second kappa shape index (κ2) is 4.04. The zero-order chi connectivity index (χ0) is 11.7. The third-order valence-electron chi connectivity index (χ3n) is 2.66. The predicted molar refractivity (Wildman–Crippen MR) is 59.9 cm³/mol. The topological polar surface area (TPSA) is 41.5 Å². The van der Waals surface area contributed by atoms with Crippen molar-refractivity contribution in [3.05, 3.63) is 35.1 Å². The highest BCUT2D eigenvalue weighted by Gasteiger charge is 2.25. The molecule has 0 saturated heterocycles. The van der Waals surface area contributed by atoms with E-state index in [9.17, 15) is 9.18 Å². The fourth-order valence-electron chi connectivity index (χ4n) is 1.75. The molecule has 1 aromatic rings. The van der Waals surface area contributed by atoms with E-state index in [1.807, 2.05) is 6.92 Å². The van der Waals surface area contributed by atoms with Crippen LogP contribution in [0.25, 0.3) is 0 Å². The Kier molecular flexibility index (Phi) is 2.73. The molecule has 4 heteroatoms. The first-order chi connectivity index (χ1) is 7.61. The molecule has 0 aromatic heterocycles. The number of hydrogen-bond acceptors (Lipinski definition) is 2. The average Bonchev–Trinajstić information content (AvgIpc) is 2.59. The number of hydrogen-bond donors (Lipinski definition) is 1. The van der Waals surface area contributed by atoms with Crippen molar-refractivity contribution in [2.24, 2.45) is 4.99 Å². The van der Waals surface area contributed by atoms with Crippen LogP contribution >= 0.6 is 0 Å². The van der Waals surface area contributed by atoms with Gasteiger partial charge in [-0.25, -0.2) is 4.39 Å². The van der Waals surface area contributed by atoms with Crippen LogP contribution in [0.2, 0.25) is 0 Å². The van der Waals surface area contributed by atoms with E-state index in [0.717, 1.165) is 11.1 Å². The standard InChI is InChI=1S/C12H13FN2O/c1-3-10-12(16)15-11(14-10)9-5-4-8(13)6-7(9)2/h4-6,10H,3H2,1-2H3,(H,14,15,16). The van der Waals surface area contributed by atoms with Crippen molar-refractivity contribution in [3.8, 4) is 0 Å². The van der Waals surface area contributed by atoms with Gasteiger partial charge in [0, 0.05) is 5.56 Å². The number of rotatable bonds is 2. The summed E-state index contributed by atoms with van der Waals surface area (Å²) in [6.07, 6.45) is 0.676. The molecule has 16 heavy (non-hydrogen) atoms. The van der Waals surface area contributed by atoms with Crippen LogP contribution in [-0.2, 0) is 4.79 Å². The number of carbonyl (C=O) groups is 1. The molecule has 1 amide bonds. The molecule has 2 rings (SSSR count). The van der Waals surface area contributed by atoms with Crippen molar-refractivity contribution in [2.45, 2.75) is 26.3 Å². The summed E-state index contributed by atoms with van der Waals surface area (Å²) < 4.78 is 12.9. The number of aryl methyl sites for hydroxylation is 1. The smallest absolute Gasteiger partial charge is 0.250 e. The van der Waals surface area contributed by atoms with Crippen LogP contribution < -0.4 is 5.32 Å². The van der Waals surface area contributed by atoms with Crippen LogP contribution in [0.15, 0.2) is 23.2 Å². The highest BCUT2D eigenvalue weighted by atomic mass is 19.1. The summed E-state index contributed by atoms with van der Waals surface area (Å²) in [5, 5.41) is 2.72. The van der Waals surface area contributed by atoms with Gasteiger partial charge >= 0.3 is 0 Å². The molecule has 1 aliphatic rings. The minimum Gasteiger partial charge on any atom is -0.309 e. The van der Waals surface area contributed by atoms with Gasteiger partial charge in [-0.1, -0.05) is 6.92 Å². The van der Waals surface area contributed by atoms with Gasteiger partial charge in [0.05, 0.1) is 0 Å². The lowest BCUT2D eigenvalue weighted by atomic mass is 10.1. The Bertz CT molecular complexity index is 468. The summed E-state index contributed by atoms with van der Waals surface area (Å²) in [7, 11) is 0. The van der Waals surface area contributed by atoms with Gasteiger partial charge in [-0.15, -0.1) is 0 Å². The van der Waals surface area contributed by atoms with Crippen LogP contribution in [0.1, 0.15) is 24.5 Å². The number of aliphatic imine (C=N–C) groups is 1. The Morgan fingerprint density at radius 3 is 2.81 bits per heavy atom. The van der Waals surface area contributed by atoms with Crippen LogP contribution in [0.3, 0.4) is 0 Å². The largest absolute Gasteiger partial charge is 0.309 e. The summed E-state index contributed by atoms with van der Waals surface area (Å²) >= 11 is 0. The molecule has 0 saturated carbocycles. The molecule has 1 atom stereocenters. The van der Waals surface area contributed by atoms with E-state index < -0.39 is 0 Å². The number of halogens is 1. The van der Waals surface area contributed by atoms with E-state index in [-0.39, 0.29) is 17.8 Å². The molecule has 0 spiro atoms.